The second-order valence-corrected chi connectivity index (χ2v) is 4.93. The van der Waals surface area contributed by atoms with E-state index in [1.165, 1.54) is 11.1 Å². The predicted molar refractivity (Wildman–Crippen MR) is 80.3 cm³/mol. The third-order valence-electron chi connectivity index (χ3n) is 3.20. The summed E-state index contributed by atoms with van der Waals surface area (Å²) in [6, 6.07) is 3.99. The summed E-state index contributed by atoms with van der Waals surface area (Å²) in [5, 5.41) is 3.43. The van der Waals surface area contributed by atoms with Crippen LogP contribution in [0.25, 0.3) is 11.0 Å². The van der Waals surface area contributed by atoms with Gasteiger partial charge in [0.25, 0.3) is 0 Å². The zero-order valence-electron chi connectivity index (χ0n) is 12.0. The van der Waals surface area contributed by atoms with E-state index in [2.05, 4.69) is 15.3 Å². The molecule has 2 aromatic rings. The minimum absolute atomic E-state index is 0.340. The summed E-state index contributed by atoms with van der Waals surface area (Å²) >= 11 is 6.15. The van der Waals surface area contributed by atoms with Crippen LogP contribution < -0.4 is 5.32 Å². The van der Waals surface area contributed by atoms with E-state index in [-0.39, 0.29) is 6.29 Å². The van der Waals surface area contributed by atoms with Gasteiger partial charge in [0, 0.05) is 14.2 Å². The maximum atomic E-state index is 6.15. The van der Waals surface area contributed by atoms with Crippen molar-refractivity contribution in [1.82, 2.24) is 9.97 Å². The Bertz CT molecular complexity index is 615. The van der Waals surface area contributed by atoms with Gasteiger partial charge >= 0.3 is 0 Å². The van der Waals surface area contributed by atoms with Crippen molar-refractivity contribution in [2.24, 2.45) is 0 Å². The molecule has 2 rings (SSSR count). The molecule has 0 bridgehead atoms. The van der Waals surface area contributed by atoms with Gasteiger partial charge in [-0.15, -0.1) is 0 Å². The summed E-state index contributed by atoms with van der Waals surface area (Å²) in [6.07, 6.45) is -0.358. The lowest BCUT2D eigenvalue weighted by molar-refractivity contribution is -0.0914. The first-order valence-corrected chi connectivity index (χ1v) is 6.67. The number of hydrogen-bond donors (Lipinski definition) is 1. The Kier molecular flexibility index (Phi) is 4.75. The van der Waals surface area contributed by atoms with E-state index < -0.39 is 0 Å². The maximum absolute atomic E-state index is 6.15. The summed E-state index contributed by atoms with van der Waals surface area (Å²) in [7, 11) is 3.16. The van der Waals surface area contributed by atoms with Gasteiger partial charge in [-0.1, -0.05) is 11.6 Å². The predicted octanol–water partition coefficient (Wildman–Crippen LogP) is 2.93. The topological polar surface area (TPSA) is 56.3 Å². The average Bonchev–Trinajstić information content (AvgIpc) is 2.42. The molecular formula is C14H18ClN3O2. The number of fused-ring (bicyclic) bond motifs is 1. The van der Waals surface area contributed by atoms with Crippen LogP contribution in [-0.2, 0) is 9.47 Å². The number of methoxy groups -OCH3 is 2. The lowest BCUT2D eigenvalue weighted by Gasteiger charge is -2.15. The Morgan fingerprint density at radius 1 is 1.10 bits per heavy atom. The van der Waals surface area contributed by atoms with Crippen molar-refractivity contribution in [3.8, 4) is 0 Å². The lowest BCUT2D eigenvalue weighted by atomic mass is 10.1. The number of ether oxygens (including phenoxy) is 2. The van der Waals surface area contributed by atoms with Crippen LogP contribution in [0.3, 0.4) is 0 Å². The molecule has 108 valence electrons. The van der Waals surface area contributed by atoms with Crippen LogP contribution in [-0.4, -0.2) is 37.0 Å². The molecule has 0 saturated carbocycles. The molecule has 0 unspecified atom stereocenters. The first-order valence-electron chi connectivity index (χ1n) is 6.29. The maximum Gasteiger partial charge on any atom is 0.173 e. The Morgan fingerprint density at radius 3 is 2.20 bits per heavy atom. The van der Waals surface area contributed by atoms with E-state index in [9.17, 15) is 0 Å². The van der Waals surface area contributed by atoms with Crippen LogP contribution in [0.15, 0.2) is 12.1 Å². The highest BCUT2D eigenvalue weighted by atomic mass is 35.5. The number of nitrogens with one attached hydrogen (secondary N) is 1. The van der Waals surface area contributed by atoms with Gasteiger partial charge in [0.05, 0.1) is 17.6 Å². The fraction of sp³-hybridized carbons (Fsp3) is 0.429. The molecule has 1 aromatic heterocycles. The number of benzene rings is 1. The largest absolute Gasteiger partial charge is 0.362 e. The van der Waals surface area contributed by atoms with Gasteiger partial charge in [0.2, 0.25) is 0 Å². The van der Waals surface area contributed by atoms with Gasteiger partial charge in [-0.25, -0.2) is 9.97 Å². The van der Waals surface area contributed by atoms with Gasteiger partial charge in [0.15, 0.2) is 17.3 Å². The third-order valence-corrected chi connectivity index (χ3v) is 3.46. The van der Waals surface area contributed by atoms with Crippen LogP contribution in [0.5, 0.6) is 0 Å². The molecule has 0 aliphatic rings. The number of nitrogens with zero attached hydrogens (tertiary/aromatic N) is 2. The Morgan fingerprint density at radius 2 is 1.65 bits per heavy atom. The highest BCUT2D eigenvalue weighted by Gasteiger charge is 2.10. The van der Waals surface area contributed by atoms with Gasteiger partial charge in [-0.2, -0.15) is 0 Å². The van der Waals surface area contributed by atoms with Crippen molar-refractivity contribution in [2.45, 2.75) is 20.1 Å². The molecule has 20 heavy (non-hydrogen) atoms. The monoisotopic (exact) mass is 295 g/mol. The Hall–Kier alpha value is -1.43. The smallest absolute Gasteiger partial charge is 0.173 e. The first kappa shape index (κ1) is 15.0. The molecule has 0 spiro atoms. The molecular weight excluding hydrogens is 278 g/mol. The molecule has 0 radical (unpaired) electrons. The van der Waals surface area contributed by atoms with Gasteiger partial charge in [-0.3, -0.25) is 0 Å². The second kappa shape index (κ2) is 6.35. The van der Waals surface area contributed by atoms with Crippen molar-refractivity contribution in [3.05, 3.63) is 28.4 Å². The van der Waals surface area contributed by atoms with Crippen LogP contribution in [0, 0.1) is 13.8 Å². The molecule has 0 fully saturated rings. The second-order valence-electron chi connectivity index (χ2n) is 4.57. The normalized spacial score (nSPS) is 11.3. The summed E-state index contributed by atoms with van der Waals surface area (Å²) in [4.78, 5) is 8.87. The van der Waals surface area contributed by atoms with E-state index >= 15 is 0 Å². The molecule has 1 aromatic carbocycles. The van der Waals surface area contributed by atoms with E-state index in [0.717, 1.165) is 11.0 Å². The molecule has 0 aliphatic heterocycles. The molecule has 0 amide bonds. The van der Waals surface area contributed by atoms with Gasteiger partial charge in [0.1, 0.15) is 0 Å². The van der Waals surface area contributed by atoms with Crippen molar-refractivity contribution >= 4 is 28.5 Å². The van der Waals surface area contributed by atoms with Crippen molar-refractivity contribution in [2.75, 3.05) is 26.1 Å². The zero-order valence-corrected chi connectivity index (χ0v) is 12.8. The van der Waals surface area contributed by atoms with Crippen molar-refractivity contribution < 1.29 is 9.47 Å². The van der Waals surface area contributed by atoms with Crippen LogP contribution in [0.2, 0.25) is 5.15 Å². The van der Waals surface area contributed by atoms with E-state index in [1.807, 2.05) is 26.0 Å². The molecule has 5 nitrogen and oxygen atoms in total. The van der Waals surface area contributed by atoms with Crippen molar-refractivity contribution in [1.29, 1.82) is 0 Å². The van der Waals surface area contributed by atoms with E-state index in [1.54, 1.807) is 14.2 Å². The number of aromatic nitrogens is 2. The van der Waals surface area contributed by atoms with E-state index in [4.69, 9.17) is 21.1 Å². The van der Waals surface area contributed by atoms with Gasteiger partial charge < -0.3 is 14.8 Å². The molecule has 0 aliphatic carbocycles. The molecule has 1 heterocycles. The summed E-state index contributed by atoms with van der Waals surface area (Å²) < 4.78 is 10.2. The van der Waals surface area contributed by atoms with Crippen LogP contribution in [0.4, 0.5) is 5.82 Å². The van der Waals surface area contributed by atoms with Crippen LogP contribution in [0.1, 0.15) is 11.1 Å². The zero-order chi connectivity index (χ0) is 14.7. The van der Waals surface area contributed by atoms with Crippen LogP contribution >= 0.6 is 11.6 Å². The number of anilines is 1. The highest BCUT2D eigenvalue weighted by Crippen LogP contribution is 2.23. The first-order chi connectivity index (χ1) is 9.55. The summed E-state index contributed by atoms with van der Waals surface area (Å²) in [5.74, 6) is 0.529. The lowest BCUT2D eigenvalue weighted by Crippen LogP contribution is -2.24. The van der Waals surface area contributed by atoms with Crippen molar-refractivity contribution in [3.63, 3.8) is 0 Å². The average molecular weight is 296 g/mol. The number of halogens is 1. The van der Waals surface area contributed by atoms with Gasteiger partial charge in [-0.05, 0) is 37.1 Å². The molecule has 0 saturated heterocycles. The quantitative estimate of drug-likeness (QED) is 0.860. The summed E-state index contributed by atoms with van der Waals surface area (Å²) in [6.45, 7) is 4.53. The summed E-state index contributed by atoms with van der Waals surface area (Å²) in [5.41, 5.74) is 3.94. The number of hydrogen-bond acceptors (Lipinski definition) is 5. The molecule has 6 heteroatoms. The molecule has 0 atom stereocenters. The fourth-order valence-electron chi connectivity index (χ4n) is 1.85. The highest BCUT2D eigenvalue weighted by molar-refractivity contribution is 6.32. The third kappa shape index (κ3) is 3.17. The number of rotatable bonds is 5. The Labute approximate surface area is 123 Å². The minimum atomic E-state index is -0.358. The molecule has 1 N–H and O–H groups in total. The SMILES string of the molecule is COC(CNc1nc2cc(C)c(C)cc2nc1Cl)OC. The Balaban J connectivity index is 2.30. The number of aryl methyl sites for hydroxylation is 2. The minimum Gasteiger partial charge on any atom is -0.362 e. The standard InChI is InChI=1S/C14H18ClN3O2/c1-8-5-10-11(6-9(8)2)18-14(13(15)17-10)16-7-12(19-3)20-4/h5-6,12H,7H2,1-4H3,(H,16,18). The fourth-order valence-corrected chi connectivity index (χ4v) is 2.05. The van der Waals surface area contributed by atoms with E-state index in [0.29, 0.717) is 17.5 Å².